The van der Waals surface area contributed by atoms with E-state index in [1.54, 1.807) is 6.20 Å². The zero-order valence-corrected chi connectivity index (χ0v) is 18.4. The van der Waals surface area contributed by atoms with Crippen molar-refractivity contribution in [3.05, 3.63) is 90.5 Å². The maximum atomic E-state index is 13.3. The first-order valence-corrected chi connectivity index (χ1v) is 11.2. The van der Waals surface area contributed by atoms with Crippen LogP contribution >= 0.6 is 0 Å². The van der Waals surface area contributed by atoms with Crippen molar-refractivity contribution in [3.63, 3.8) is 0 Å². The van der Waals surface area contributed by atoms with Crippen LogP contribution in [0.1, 0.15) is 23.6 Å². The summed E-state index contributed by atoms with van der Waals surface area (Å²) in [6.45, 7) is 2.54. The molecule has 1 amide bonds. The number of fused-ring (bicyclic) bond motifs is 1. The first-order valence-electron chi connectivity index (χ1n) is 11.2. The van der Waals surface area contributed by atoms with Gasteiger partial charge >= 0.3 is 0 Å². The first kappa shape index (κ1) is 22.5. The molecule has 0 spiro atoms. The summed E-state index contributed by atoms with van der Waals surface area (Å²) in [5.74, 6) is 1.19. The van der Waals surface area contributed by atoms with Crippen LogP contribution in [0.3, 0.4) is 0 Å². The van der Waals surface area contributed by atoms with E-state index in [9.17, 15) is 4.79 Å². The standard InChI is InChI=1S/C25H26N4O.CH2O2/c30-24(9-8-19-5-4-12-27-15-19)29-17-21-16-28(22-10-13-26-14-11-22)18-23(21)25(29)20-6-2-1-3-7-20;2-1-3/h1-7,10-15,21,23,25H,8-9,16-18H2;1H,(H,2,3)/t21-,23-,25+;/m0./s1. The molecular weight excluding hydrogens is 416 g/mol. The number of hydrogen-bond donors (Lipinski definition) is 1. The average Bonchev–Trinajstić information content (AvgIpc) is 3.43. The molecular formula is C26H28N4O3. The van der Waals surface area contributed by atoms with Crippen molar-refractivity contribution in [3.8, 4) is 0 Å². The van der Waals surface area contributed by atoms with Crippen molar-refractivity contribution >= 4 is 18.1 Å². The van der Waals surface area contributed by atoms with Gasteiger partial charge in [0.15, 0.2) is 0 Å². The van der Waals surface area contributed by atoms with E-state index >= 15 is 0 Å². The average molecular weight is 445 g/mol. The number of carbonyl (C=O) groups excluding carboxylic acids is 1. The highest BCUT2D eigenvalue weighted by Crippen LogP contribution is 2.46. The van der Waals surface area contributed by atoms with Gasteiger partial charge in [-0.1, -0.05) is 36.4 Å². The molecule has 0 unspecified atom stereocenters. The number of carboxylic acid groups (broad SMARTS) is 1. The Morgan fingerprint density at radius 2 is 1.73 bits per heavy atom. The molecule has 0 bridgehead atoms. The number of hydrogen-bond acceptors (Lipinski definition) is 5. The van der Waals surface area contributed by atoms with Gasteiger partial charge in [0, 0.05) is 68.4 Å². The number of carbonyl (C=O) groups is 2. The molecule has 3 atom stereocenters. The second kappa shape index (κ2) is 10.7. The molecule has 0 saturated carbocycles. The number of aromatic nitrogens is 2. The number of amides is 1. The molecule has 5 rings (SSSR count). The van der Waals surface area contributed by atoms with Gasteiger partial charge in [0.05, 0.1) is 6.04 Å². The number of aryl methyl sites for hydroxylation is 1. The van der Waals surface area contributed by atoms with E-state index in [-0.39, 0.29) is 18.4 Å². The second-order valence-electron chi connectivity index (χ2n) is 8.40. The van der Waals surface area contributed by atoms with Gasteiger partial charge in [-0.05, 0) is 35.7 Å². The Labute approximate surface area is 193 Å². The van der Waals surface area contributed by atoms with E-state index in [4.69, 9.17) is 9.90 Å². The topological polar surface area (TPSA) is 86.6 Å². The summed E-state index contributed by atoms with van der Waals surface area (Å²) in [5, 5.41) is 6.89. The maximum absolute atomic E-state index is 13.3. The Bertz CT molecular complexity index is 1030. The van der Waals surface area contributed by atoms with Crippen LogP contribution < -0.4 is 4.90 Å². The molecule has 0 radical (unpaired) electrons. The highest BCUT2D eigenvalue weighted by molar-refractivity contribution is 5.77. The van der Waals surface area contributed by atoms with Crippen LogP contribution in [0.4, 0.5) is 5.69 Å². The highest BCUT2D eigenvalue weighted by atomic mass is 16.3. The van der Waals surface area contributed by atoms with Crippen LogP contribution in [-0.2, 0) is 16.0 Å². The summed E-state index contributed by atoms with van der Waals surface area (Å²) in [4.78, 5) is 34.5. The van der Waals surface area contributed by atoms with Crippen LogP contribution in [0.5, 0.6) is 0 Å². The Balaban J connectivity index is 0.000000821. The van der Waals surface area contributed by atoms with Crippen LogP contribution in [0.25, 0.3) is 0 Å². The van der Waals surface area contributed by atoms with Crippen LogP contribution in [0, 0.1) is 11.8 Å². The molecule has 1 aromatic carbocycles. The lowest BCUT2D eigenvalue weighted by atomic mass is 9.89. The summed E-state index contributed by atoms with van der Waals surface area (Å²) in [5.41, 5.74) is 3.59. The van der Waals surface area contributed by atoms with E-state index < -0.39 is 0 Å². The van der Waals surface area contributed by atoms with Gasteiger partial charge in [-0.25, -0.2) is 0 Å². The van der Waals surface area contributed by atoms with Crippen LogP contribution in [0.15, 0.2) is 79.4 Å². The predicted octanol–water partition coefficient (Wildman–Crippen LogP) is 3.45. The third-order valence-corrected chi connectivity index (χ3v) is 6.50. The minimum absolute atomic E-state index is 0.143. The lowest BCUT2D eigenvalue weighted by molar-refractivity contribution is -0.132. The number of pyridine rings is 2. The van der Waals surface area contributed by atoms with Crippen LogP contribution in [-0.4, -0.2) is 52.0 Å². The van der Waals surface area contributed by atoms with Crippen molar-refractivity contribution in [1.82, 2.24) is 14.9 Å². The van der Waals surface area contributed by atoms with Crippen molar-refractivity contribution in [2.45, 2.75) is 18.9 Å². The minimum Gasteiger partial charge on any atom is -0.483 e. The van der Waals surface area contributed by atoms with Gasteiger partial charge in [0.1, 0.15) is 0 Å². The summed E-state index contributed by atoms with van der Waals surface area (Å²) < 4.78 is 0. The molecule has 2 saturated heterocycles. The molecule has 7 nitrogen and oxygen atoms in total. The molecule has 2 aliphatic heterocycles. The Kier molecular flexibility index (Phi) is 7.29. The summed E-state index contributed by atoms with van der Waals surface area (Å²) in [6.07, 6.45) is 8.60. The van der Waals surface area contributed by atoms with E-state index in [2.05, 4.69) is 56.2 Å². The van der Waals surface area contributed by atoms with Gasteiger partial charge in [-0.2, -0.15) is 0 Å². The lowest BCUT2D eigenvalue weighted by Gasteiger charge is -2.30. The molecule has 1 N–H and O–H groups in total. The number of rotatable bonds is 5. The van der Waals surface area contributed by atoms with Gasteiger partial charge in [0.25, 0.3) is 6.47 Å². The molecule has 170 valence electrons. The number of benzene rings is 1. The van der Waals surface area contributed by atoms with Gasteiger partial charge in [-0.3, -0.25) is 19.6 Å². The minimum atomic E-state index is -0.250. The third-order valence-electron chi connectivity index (χ3n) is 6.50. The number of likely N-dealkylation sites (tertiary alicyclic amines) is 1. The monoisotopic (exact) mass is 444 g/mol. The quantitative estimate of drug-likeness (QED) is 0.607. The van der Waals surface area contributed by atoms with Crippen molar-refractivity contribution in [1.29, 1.82) is 0 Å². The van der Waals surface area contributed by atoms with Crippen molar-refractivity contribution in [2.24, 2.45) is 11.8 Å². The first-order chi connectivity index (χ1) is 16.2. The Morgan fingerprint density at radius 1 is 0.970 bits per heavy atom. The highest BCUT2D eigenvalue weighted by Gasteiger charge is 2.48. The zero-order valence-electron chi connectivity index (χ0n) is 18.4. The predicted molar refractivity (Wildman–Crippen MR) is 126 cm³/mol. The Morgan fingerprint density at radius 3 is 2.42 bits per heavy atom. The fourth-order valence-corrected chi connectivity index (χ4v) is 5.09. The van der Waals surface area contributed by atoms with Crippen LogP contribution in [0.2, 0.25) is 0 Å². The fourth-order valence-electron chi connectivity index (χ4n) is 5.09. The summed E-state index contributed by atoms with van der Waals surface area (Å²) >= 11 is 0. The molecule has 7 heteroatoms. The van der Waals surface area contributed by atoms with Crippen molar-refractivity contribution in [2.75, 3.05) is 24.5 Å². The fraction of sp³-hybridized carbons (Fsp3) is 0.308. The molecule has 33 heavy (non-hydrogen) atoms. The lowest BCUT2D eigenvalue weighted by Crippen LogP contribution is -2.35. The van der Waals surface area contributed by atoms with Gasteiger partial charge in [0.2, 0.25) is 5.91 Å². The molecule has 2 aromatic heterocycles. The van der Waals surface area contributed by atoms with Crippen molar-refractivity contribution < 1.29 is 14.7 Å². The van der Waals surface area contributed by atoms with E-state index in [0.717, 1.165) is 31.6 Å². The van der Waals surface area contributed by atoms with E-state index in [1.165, 1.54) is 11.3 Å². The smallest absolute Gasteiger partial charge is 0.290 e. The maximum Gasteiger partial charge on any atom is 0.290 e. The second-order valence-corrected chi connectivity index (χ2v) is 8.40. The number of nitrogens with zero attached hydrogens (tertiary/aromatic N) is 4. The molecule has 2 aliphatic rings. The third kappa shape index (κ3) is 5.19. The number of anilines is 1. The molecule has 0 aliphatic carbocycles. The summed E-state index contributed by atoms with van der Waals surface area (Å²) in [7, 11) is 0. The Hall–Kier alpha value is -3.74. The summed E-state index contributed by atoms with van der Waals surface area (Å²) in [6, 6.07) is 18.8. The van der Waals surface area contributed by atoms with E-state index in [0.29, 0.717) is 18.3 Å². The van der Waals surface area contributed by atoms with E-state index in [1.807, 2.05) is 36.8 Å². The largest absolute Gasteiger partial charge is 0.483 e. The zero-order chi connectivity index (χ0) is 23.0. The SMILES string of the molecule is O=C(CCc1cccnc1)N1C[C@@H]2CN(c3ccncc3)C[C@@H]2[C@H]1c1ccccc1.O=CO. The molecule has 4 heterocycles. The normalized spacial score (nSPS) is 21.2. The molecule has 3 aromatic rings. The van der Waals surface area contributed by atoms with Gasteiger partial charge < -0.3 is 14.9 Å². The van der Waals surface area contributed by atoms with Gasteiger partial charge in [-0.15, -0.1) is 0 Å². The molecule has 2 fully saturated rings.